The van der Waals surface area contributed by atoms with E-state index < -0.39 is 0 Å². The monoisotopic (exact) mass is 271 g/mol. The summed E-state index contributed by atoms with van der Waals surface area (Å²) in [6.07, 6.45) is 2.16. The third-order valence-corrected chi connectivity index (χ3v) is 4.51. The largest absolute Gasteiger partial charge is 0.368 e. The van der Waals surface area contributed by atoms with E-state index in [2.05, 4.69) is 66.6 Å². The highest BCUT2D eigenvalue weighted by molar-refractivity contribution is 5.93. The quantitative estimate of drug-likeness (QED) is 0.832. The van der Waals surface area contributed by atoms with Crippen LogP contribution in [0, 0.1) is 6.92 Å². The van der Waals surface area contributed by atoms with Crippen LogP contribution in [0.3, 0.4) is 0 Å². The van der Waals surface area contributed by atoms with E-state index in [9.17, 15) is 0 Å². The number of anilines is 1. The van der Waals surface area contributed by atoms with Crippen molar-refractivity contribution in [3.05, 3.63) is 30.0 Å². The SMILES string of the molecule is Cc1cc(N2CCN(C(C)C)CC2)c2ccn(C)c2c1. The van der Waals surface area contributed by atoms with Crippen molar-refractivity contribution in [3.63, 3.8) is 0 Å². The summed E-state index contributed by atoms with van der Waals surface area (Å²) in [4.78, 5) is 5.11. The van der Waals surface area contributed by atoms with Gasteiger partial charge in [-0.1, -0.05) is 0 Å². The number of hydrogen-bond acceptors (Lipinski definition) is 2. The van der Waals surface area contributed by atoms with E-state index in [4.69, 9.17) is 0 Å². The molecule has 0 N–H and O–H groups in total. The first-order valence-electron chi connectivity index (χ1n) is 7.61. The van der Waals surface area contributed by atoms with Crippen LogP contribution in [-0.2, 0) is 7.05 Å². The summed E-state index contributed by atoms with van der Waals surface area (Å²) in [7, 11) is 2.13. The average molecular weight is 271 g/mol. The molecule has 0 unspecified atom stereocenters. The normalized spacial score (nSPS) is 17.4. The van der Waals surface area contributed by atoms with Crippen LogP contribution in [0.5, 0.6) is 0 Å². The summed E-state index contributed by atoms with van der Waals surface area (Å²) in [5, 5.41) is 1.39. The van der Waals surface area contributed by atoms with Crippen molar-refractivity contribution in [3.8, 4) is 0 Å². The van der Waals surface area contributed by atoms with Crippen LogP contribution in [-0.4, -0.2) is 41.7 Å². The van der Waals surface area contributed by atoms with Crippen molar-refractivity contribution in [1.29, 1.82) is 0 Å². The number of hydrogen-bond donors (Lipinski definition) is 0. The Bertz CT molecular complexity index is 604. The van der Waals surface area contributed by atoms with Crippen molar-refractivity contribution in [2.75, 3.05) is 31.1 Å². The Kier molecular flexibility index (Phi) is 3.47. The van der Waals surface area contributed by atoms with Gasteiger partial charge in [-0.2, -0.15) is 0 Å². The van der Waals surface area contributed by atoms with E-state index in [-0.39, 0.29) is 0 Å². The topological polar surface area (TPSA) is 11.4 Å². The summed E-state index contributed by atoms with van der Waals surface area (Å²) in [6, 6.07) is 7.53. The number of piperazine rings is 1. The molecule has 0 saturated carbocycles. The smallest absolute Gasteiger partial charge is 0.0501 e. The molecule has 0 aliphatic carbocycles. The van der Waals surface area contributed by atoms with Gasteiger partial charge < -0.3 is 9.47 Å². The summed E-state index contributed by atoms with van der Waals surface area (Å²) < 4.78 is 2.22. The third kappa shape index (κ3) is 2.31. The molecule has 1 aliphatic heterocycles. The van der Waals surface area contributed by atoms with Gasteiger partial charge in [0.2, 0.25) is 0 Å². The molecule has 1 aromatic heterocycles. The van der Waals surface area contributed by atoms with Crippen LogP contribution in [0.25, 0.3) is 10.9 Å². The third-order valence-electron chi connectivity index (χ3n) is 4.51. The second-order valence-corrected chi connectivity index (χ2v) is 6.26. The average Bonchev–Trinajstić information content (AvgIpc) is 2.80. The minimum atomic E-state index is 0.659. The molecule has 3 rings (SSSR count). The van der Waals surface area contributed by atoms with E-state index in [0.29, 0.717) is 6.04 Å². The first kappa shape index (κ1) is 13.5. The predicted molar refractivity (Wildman–Crippen MR) is 86.6 cm³/mol. The predicted octanol–water partition coefficient (Wildman–Crippen LogP) is 3.02. The zero-order valence-electron chi connectivity index (χ0n) is 13.1. The maximum Gasteiger partial charge on any atom is 0.0501 e. The number of nitrogens with zero attached hydrogens (tertiary/aromatic N) is 3. The van der Waals surface area contributed by atoms with Crippen LogP contribution in [0.15, 0.2) is 24.4 Å². The first-order chi connectivity index (χ1) is 9.56. The molecule has 2 aromatic rings. The lowest BCUT2D eigenvalue weighted by atomic mass is 10.1. The van der Waals surface area contributed by atoms with Gasteiger partial charge in [-0.05, 0) is 44.5 Å². The molecule has 0 radical (unpaired) electrons. The van der Waals surface area contributed by atoms with Crippen molar-refractivity contribution in [2.24, 2.45) is 7.05 Å². The minimum Gasteiger partial charge on any atom is -0.368 e. The van der Waals surface area contributed by atoms with Crippen molar-refractivity contribution >= 4 is 16.6 Å². The van der Waals surface area contributed by atoms with Crippen molar-refractivity contribution in [1.82, 2.24) is 9.47 Å². The summed E-state index contributed by atoms with van der Waals surface area (Å²) in [6.45, 7) is 11.4. The molecular formula is C17H25N3. The molecular weight excluding hydrogens is 246 g/mol. The molecule has 0 bridgehead atoms. The Morgan fingerprint density at radius 2 is 1.75 bits per heavy atom. The molecule has 20 heavy (non-hydrogen) atoms. The molecule has 1 aromatic carbocycles. The number of rotatable bonds is 2. The zero-order chi connectivity index (χ0) is 14.3. The van der Waals surface area contributed by atoms with Gasteiger partial charge in [0, 0.05) is 56.5 Å². The molecule has 1 aliphatic rings. The number of benzene rings is 1. The highest BCUT2D eigenvalue weighted by Crippen LogP contribution is 2.30. The van der Waals surface area contributed by atoms with Crippen LogP contribution >= 0.6 is 0 Å². The van der Waals surface area contributed by atoms with Gasteiger partial charge in [0.25, 0.3) is 0 Å². The standard InChI is InChI=1S/C17H25N3/c1-13(2)19-7-9-20(10-8-19)17-12-14(3)11-16-15(17)5-6-18(16)4/h5-6,11-13H,7-10H2,1-4H3. The Morgan fingerprint density at radius 3 is 2.40 bits per heavy atom. The van der Waals surface area contributed by atoms with E-state index >= 15 is 0 Å². The first-order valence-corrected chi connectivity index (χ1v) is 7.61. The van der Waals surface area contributed by atoms with Crippen LogP contribution in [0.4, 0.5) is 5.69 Å². The second-order valence-electron chi connectivity index (χ2n) is 6.26. The highest BCUT2D eigenvalue weighted by atomic mass is 15.3. The van der Waals surface area contributed by atoms with Gasteiger partial charge in [0.15, 0.2) is 0 Å². The summed E-state index contributed by atoms with van der Waals surface area (Å²) in [5.41, 5.74) is 4.09. The summed E-state index contributed by atoms with van der Waals surface area (Å²) >= 11 is 0. The fourth-order valence-corrected chi connectivity index (χ4v) is 3.23. The van der Waals surface area contributed by atoms with Crippen LogP contribution in [0.1, 0.15) is 19.4 Å². The Hall–Kier alpha value is -1.48. The second kappa shape index (κ2) is 5.13. The maximum absolute atomic E-state index is 2.56. The van der Waals surface area contributed by atoms with Gasteiger partial charge in [0.1, 0.15) is 0 Å². The van der Waals surface area contributed by atoms with Crippen molar-refractivity contribution < 1.29 is 0 Å². The highest BCUT2D eigenvalue weighted by Gasteiger charge is 2.20. The lowest BCUT2D eigenvalue weighted by Gasteiger charge is -2.38. The lowest BCUT2D eigenvalue weighted by Crippen LogP contribution is -2.48. The Morgan fingerprint density at radius 1 is 1.05 bits per heavy atom. The van der Waals surface area contributed by atoms with Crippen LogP contribution in [0.2, 0.25) is 0 Å². The van der Waals surface area contributed by atoms with E-state index in [1.54, 1.807) is 0 Å². The molecule has 3 nitrogen and oxygen atoms in total. The van der Waals surface area contributed by atoms with E-state index in [1.807, 2.05) is 0 Å². The van der Waals surface area contributed by atoms with Crippen LogP contribution < -0.4 is 4.90 Å². The number of aromatic nitrogens is 1. The van der Waals surface area contributed by atoms with Gasteiger partial charge >= 0.3 is 0 Å². The van der Waals surface area contributed by atoms with Gasteiger partial charge in [-0.3, -0.25) is 4.90 Å². The van der Waals surface area contributed by atoms with Gasteiger partial charge in [-0.25, -0.2) is 0 Å². The minimum absolute atomic E-state index is 0.659. The van der Waals surface area contributed by atoms with Gasteiger partial charge in [-0.15, -0.1) is 0 Å². The van der Waals surface area contributed by atoms with Crippen molar-refractivity contribution in [2.45, 2.75) is 26.8 Å². The maximum atomic E-state index is 2.56. The fraction of sp³-hybridized carbons (Fsp3) is 0.529. The number of fused-ring (bicyclic) bond motifs is 1. The van der Waals surface area contributed by atoms with E-state index in [0.717, 1.165) is 13.1 Å². The Balaban J connectivity index is 1.91. The molecule has 108 valence electrons. The molecule has 1 saturated heterocycles. The Labute approximate surface area is 121 Å². The zero-order valence-corrected chi connectivity index (χ0v) is 13.1. The van der Waals surface area contributed by atoms with Gasteiger partial charge in [0.05, 0.1) is 5.52 Å². The summed E-state index contributed by atoms with van der Waals surface area (Å²) in [5.74, 6) is 0. The fourth-order valence-electron chi connectivity index (χ4n) is 3.23. The lowest BCUT2D eigenvalue weighted by molar-refractivity contribution is 0.209. The number of aryl methyl sites for hydroxylation is 2. The molecule has 0 spiro atoms. The van der Waals surface area contributed by atoms with E-state index in [1.165, 1.54) is 35.2 Å². The molecule has 0 amide bonds. The molecule has 2 heterocycles. The molecule has 1 fully saturated rings. The molecule has 3 heteroatoms. The molecule has 0 atom stereocenters.